The maximum Gasteiger partial charge on any atom is 0.303 e. The van der Waals surface area contributed by atoms with Gasteiger partial charge in [0.05, 0.1) is 5.56 Å². The fraction of sp³-hybridized carbons (Fsp3) is 0.250. The standard InChI is InChI=1S/C20H16O8/c1-7(21)28-17-14-10(18(25)20(2,27)19(17)26)6-9-13(14)15(23)8-4-3-5-11(22)12(8)16(9)24/h3-6,17,19,22-23,26-27H,1-2H3/t17-,19-,20+/m1/s1. The summed E-state index contributed by atoms with van der Waals surface area (Å²) < 4.78 is 5.15. The number of hydrogen-bond donors (Lipinski definition) is 4. The van der Waals surface area contributed by atoms with Gasteiger partial charge in [0.1, 0.15) is 17.6 Å². The van der Waals surface area contributed by atoms with Crippen molar-refractivity contribution in [3.05, 3.63) is 57.7 Å². The van der Waals surface area contributed by atoms with Gasteiger partial charge in [0.25, 0.3) is 0 Å². The SMILES string of the molecule is CC(=O)O[C@@H]1C2=C(C=C3C(=O)c4c(O)cccc4C(O)=C32)C(=O)[C@](C)(O)[C@@H]1O. The molecule has 144 valence electrons. The Hall–Kier alpha value is -3.23. The van der Waals surface area contributed by atoms with Crippen LogP contribution in [-0.4, -0.2) is 55.8 Å². The number of rotatable bonds is 1. The summed E-state index contributed by atoms with van der Waals surface area (Å²) in [5.74, 6) is -3.04. The zero-order valence-corrected chi connectivity index (χ0v) is 14.9. The quantitative estimate of drug-likeness (QED) is 0.519. The van der Waals surface area contributed by atoms with E-state index in [1.54, 1.807) is 0 Å². The van der Waals surface area contributed by atoms with Gasteiger partial charge < -0.3 is 25.2 Å². The summed E-state index contributed by atoms with van der Waals surface area (Å²) in [5.41, 5.74) is -2.69. The number of ketones is 2. The van der Waals surface area contributed by atoms with Crippen LogP contribution in [0.3, 0.4) is 0 Å². The maximum atomic E-state index is 12.9. The molecule has 0 aromatic heterocycles. The first-order chi connectivity index (χ1) is 13.1. The molecule has 0 radical (unpaired) electrons. The minimum Gasteiger partial charge on any atom is -0.507 e. The van der Waals surface area contributed by atoms with Crippen molar-refractivity contribution in [2.24, 2.45) is 0 Å². The van der Waals surface area contributed by atoms with E-state index in [-0.39, 0.29) is 39.2 Å². The third-order valence-corrected chi connectivity index (χ3v) is 5.27. The first-order valence-electron chi connectivity index (χ1n) is 8.46. The molecule has 0 spiro atoms. The van der Waals surface area contributed by atoms with Crippen LogP contribution in [0.15, 0.2) is 46.6 Å². The Bertz CT molecular complexity index is 1070. The van der Waals surface area contributed by atoms with Crippen LogP contribution in [0.4, 0.5) is 0 Å². The molecule has 0 bridgehead atoms. The highest BCUT2D eigenvalue weighted by atomic mass is 16.6. The molecular weight excluding hydrogens is 368 g/mol. The summed E-state index contributed by atoms with van der Waals surface area (Å²) >= 11 is 0. The van der Waals surface area contributed by atoms with E-state index in [4.69, 9.17) is 4.74 Å². The molecule has 3 atom stereocenters. The van der Waals surface area contributed by atoms with E-state index in [1.165, 1.54) is 24.3 Å². The number of phenols is 1. The zero-order valence-electron chi connectivity index (χ0n) is 14.9. The molecule has 0 heterocycles. The summed E-state index contributed by atoms with van der Waals surface area (Å²) in [4.78, 5) is 37.3. The number of carbonyl (C=O) groups is 3. The normalized spacial score (nSPS) is 28.6. The van der Waals surface area contributed by atoms with Gasteiger partial charge in [-0.25, -0.2) is 0 Å². The largest absolute Gasteiger partial charge is 0.507 e. The first kappa shape index (κ1) is 18.1. The second kappa shape index (κ2) is 5.63. The van der Waals surface area contributed by atoms with Crippen LogP contribution in [-0.2, 0) is 14.3 Å². The number of benzene rings is 1. The Labute approximate surface area is 158 Å². The topological polar surface area (TPSA) is 141 Å². The molecule has 3 aliphatic carbocycles. The van der Waals surface area contributed by atoms with Crippen molar-refractivity contribution in [2.45, 2.75) is 31.7 Å². The van der Waals surface area contributed by atoms with E-state index in [0.717, 1.165) is 13.8 Å². The lowest BCUT2D eigenvalue weighted by Crippen LogP contribution is -2.57. The van der Waals surface area contributed by atoms with Gasteiger partial charge in [0.15, 0.2) is 23.3 Å². The number of Topliss-reactive ketones (excluding diaryl/α,β-unsaturated/α-hetero) is 2. The summed E-state index contributed by atoms with van der Waals surface area (Å²) in [6, 6.07) is 4.15. The monoisotopic (exact) mass is 384 g/mol. The Morgan fingerprint density at radius 3 is 2.54 bits per heavy atom. The van der Waals surface area contributed by atoms with Gasteiger partial charge in [0, 0.05) is 34.8 Å². The summed E-state index contributed by atoms with van der Waals surface area (Å²) in [5, 5.41) is 41.8. The van der Waals surface area contributed by atoms with Gasteiger partial charge >= 0.3 is 5.97 Å². The third kappa shape index (κ3) is 2.15. The lowest BCUT2D eigenvalue weighted by Gasteiger charge is -2.38. The Morgan fingerprint density at radius 1 is 1.21 bits per heavy atom. The number of esters is 1. The number of phenolic OH excluding ortho intramolecular Hbond substituents is 1. The minimum absolute atomic E-state index is 0.0472. The molecule has 1 aromatic carbocycles. The van der Waals surface area contributed by atoms with Gasteiger partial charge in [-0.05, 0) is 19.1 Å². The van der Waals surface area contributed by atoms with Crippen LogP contribution in [0.25, 0.3) is 5.76 Å². The third-order valence-electron chi connectivity index (χ3n) is 5.27. The van der Waals surface area contributed by atoms with Crippen molar-refractivity contribution in [2.75, 3.05) is 0 Å². The average Bonchev–Trinajstić information content (AvgIpc) is 3.02. The highest BCUT2D eigenvalue weighted by Crippen LogP contribution is 2.49. The first-order valence-corrected chi connectivity index (χ1v) is 8.46. The minimum atomic E-state index is -2.27. The number of aromatic hydroxyl groups is 1. The fourth-order valence-corrected chi connectivity index (χ4v) is 3.90. The molecule has 0 aliphatic heterocycles. The van der Waals surface area contributed by atoms with Crippen molar-refractivity contribution in [3.63, 3.8) is 0 Å². The molecule has 8 heteroatoms. The van der Waals surface area contributed by atoms with Crippen LogP contribution in [0.1, 0.15) is 29.8 Å². The molecule has 0 fully saturated rings. The molecule has 0 saturated carbocycles. The van der Waals surface area contributed by atoms with Crippen molar-refractivity contribution in [3.8, 4) is 5.75 Å². The Kier molecular flexibility index (Phi) is 3.65. The van der Waals surface area contributed by atoms with E-state index in [0.29, 0.717) is 0 Å². The smallest absolute Gasteiger partial charge is 0.303 e. The maximum absolute atomic E-state index is 12.9. The molecule has 4 rings (SSSR count). The van der Waals surface area contributed by atoms with E-state index >= 15 is 0 Å². The number of hydrogen-bond acceptors (Lipinski definition) is 8. The molecule has 8 nitrogen and oxygen atoms in total. The summed E-state index contributed by atoms with van der Waals surface area (Å²) in [6.07, 6.45) is -2.10. The van der Waals surface area contributed by atoms with Gasteiger partial charge in [-0.3, -0.25) is 14.4 Å². The molecule has 1 aromatic rings. The van der Waals surface area contributed by atoms with Crippen LogP contribution in [0, 0.1) is 0 Å². The van der Waals surface area contributed by atoms with Crippen molar-refractivity contribution in [1.29, 1.82) is 0 Å². The molecular formula is C20H16O8. The molecule has 0 amide bonds. The Balaban J connectivity index is 2.02. The second-order valence-electron chi connectivity index (χ2n) is 7.09. The summed E-state index contributed by atoms with van der Waals surface area (Å²) in [6.45, 7) is 2.17. The van der Waals surface area contributed by atoms with Gasteiger partial charge in [-0.2, -0.15) is 0 Å². The molecule has 4 N–H and O–H groups in total. The van der Waals surface area contributed by atoms with Crippen LogP contribution >= 0.6 is 0 Å². The number of fused-ring (bicyclic) bond motifs is 3. The number of aliphatic hydroxyl groups is 3. The highest BCUT2D eigenvalue weighted by molar-refractivity contribution is 6.24. The Morgan fingerprint density at radius 2 is 1.89 bits per heavy atom. The van der Waals surface area contributed by atoms with Crippen LogP contribution in [0.2, 0.25) is 0 Å². The van der Waals surface area contributed by atoms with E-state index in [9.17, 15) is 34.8 Å². The molecule has 0 unspecified atom stereocenters. The number of ether oxygens (including phenoxy) is 1. The zero-order chi connectivity index (χ0) is 20.5. The van der Waals surface area contributed by atoms with Gasteiger partial charge in [-0.15, -0.1) is 0 Å². The predicted octanol–water partition coefficient (Wildman–Crippen LogP) is 0.720. The highest BCUT2D eigenvalue weighted by Gasteiger charge is 2.55. The molecule has 3 aliphatic rings. The van der Waals surface area contributed by atoms with Crippen molar-refractivity contribution >= 4 is 23.3 Å². The molecule has 28 heavy (non-hydrogen) atoms. The van der Waals surface area contributed by atoms with E-state index in [1.807, 2.05) is 0 Å². The predicted molar refractivity (Wildman–Crippen MR) is 94.3 cm³/mol. The fourth-order valence-electron chi connectivity index (χ4n) is 3.90. The lowest BCUT2D eigenvalue weighted by atomic mass is 9.75. The van der Waals surface area contributed by atoms with Gasteiger partial charge in [0.2, 0.25) is 0 Å². The number of carbonyl (C=O) groups excluding carboxylic acids is 3. The lowest BCUT2D eigenvalue weighted by molar-refractivity contribution is -0.170. The number of aliphatic hydroxyl groups excluding tert-OH is 2. The average molecular weight is 384 g/mol. The number of allylic oxidation sites excluding steroid dienone is 2. The van der Waals surface area contributed by atoms with E-state index in [2.05, 4.69) is 0 Å². The van der Waals surface area contributed by atoms with Crippen molar-refractivity contribution < 1.29 is 39.5 Å². The summed E-state index contributed by atoms with van der Waals surface area (Å²) in [7, 11) is 0. The molecule has 0 saturated heterocycles. The second-order valence-corrected chi connectivity index (χ2v) is 7.09. The van der Waals surface area contributed by atoms with Crippen LogP contribution < -0.4 is 0 Å². The van der Waals surface area contributed by atoms with Crippen LogP contribution in [0.5, 0.6) is 5.75 Å². The van der Waals surface area contributed by atoms with E-state index < -0.39 is 41.1 Å². The van der Waals surface area contributed by atoms with Gasteiger partial charge in [-0.1, -0.05) is 12.1 Å². The van der Waals surface area contributed by atoms with Crippen molar-refractivity contribution in [1.82, 2.24) is 0 Å².